The predicted molar refractivity (Wildman–Crippen MR) is 120 cm³/mol. The van der Waals surface area contributed by atoms with Crippen LogP contribution in [0.5, 0.6) is 11.5 Å². The number of phenols is 1. The minimum Gasteiger partial charge on any atom is -0.508 e. The number of unbranched alkanes of at least 4 members (excludes halogenated alkanes) is 1. The molecule has 0 saturated heterocycles. The number of ether oxygens (including phenoxy) is 1. The van der Waals surface area contributed by atoms with Gasteiger partial charge in [-0.05, 0) is 54.3 Å². The van der Waals surface area contributed by atoms with Crippen molar-refractivity contribution < 1.29 is 24.5 Å². The molecule has 0 unspecified atom stereocenters. The summed E-state index contributed by atoms with van der Waals surface area (Å²) in [5.74, 6) is -1.18. The van der Waals surface area contributed by atoms with Crippen LogP contribution in [-0.4, -0.2) is 41.1 Å². The van der Waals surface area contributed by atoms with Gasteiger partial charge in [-0.3, -0.25) is 9.79 Å². The summed E-state index contributed by atoms with van der Waals surface area (Å²) in [7, 11) is 0. The van der Waals surface area contributed by atoms with Crippen molar-refractivity contribution >= 4 is 23.9 Å². The topological polar surface area (TPSA) is 160 Å². The number of benzene rings is 2. The highest BCUT2D eigenvalue weighted by Gasteiger charge is 2.40. The van der Waals surface area contributed by atoms with Crippen molar-refractivity contribution in [2.24, 2.45) is 16.5 Å². The Morgan fingerprint density at radius 1 is 1.12 bits per heavy atom. The van der Waals surface area contributed by atoms with Crippen LogP contribution in [-0.2, 0) is 9.59 Å². The maximum atomic E-state index is 13.2. The Morgan fingerprint density at radius 3 is 2.56 bits per heavy atom. The van der Waals surface area contributed by atoms with Crippen LogP contribution in [0.4, 0.5) is 0 Å². The number of carboxylic acids is 1. The van der Waals surface area contributed by atoms with Crippen molar-refractivity contribution in [2.75, 3.05) is 13.1 Å². The first-order chi connectivity index (χ1) is 15.3. The van der Waals surface area contributed by atoms with Gasteiger partial charge in [-0.2, -0.15) is 0 Å². The number of phenolic OH excluding ortho intramolecular Hbond substituents is 1. The van der Waals surface area contributed by atoms with Crippen molar-refractivity contribution in [3.63, 3.8) is 0 Å². The number of rotatable bonds is 9. The van der Waals surface area contributed by atoms with E-state index in [0.29, 0.717) is 36.4 Å². The molecule has 0 aromatic heterocycles. The Hall–Kier alpha value is -4.01. The van der Waals surface area contributed by atoms with Crippen LogP contribution in [0.2, 0.25) is 0 Å². The molecule has 2 atom stereocenters. The van der Waals surface area contributed by atoms with Crippen molar-refractivity contribution in [3.05, 3.63) is 65.2 Å². The fraction of sp³-hybridized carbons (Fsp3) is 0.261. The van der Waals surface area contributed by atoms with Crippen LogP contribution in [0.3, 0.4) is 0 Å². The van der Waals surface area contributed by atoms with Crippen LogP contribution in [0, 0.1) is 0 Å². The van der Waals surface area contributed by atoms with E-state index < -0.39 is 18.0 Å². The molecule has 1 amide bonds. The Balaban J connectivity index is 1.80. The zero-order valence-corrected chi connectivity index (χ0v) is 17.4. The first kappa shape index (κ1) is 22.7. The molecule has 7 N–H and O–H groups in total. The number of carbonyl (C=O) groups excluding carboxylic acids is 1. The van der Waals surface area contributed by atoms with Gasteiger partial charge in [0.25, 0.3) is 0 Å². The highest BCUT2D eigenvalue weighted by molar-refractivity contribution is 5.88. The zero-order chi connectivity index (χ0) is 23.1. The van der Waals surface area contributed by atoms with E-state index in [2.05, 4.69) is 10.3 Å². The molecule has 9 nitrogen and oxygen atoms in total. The summed E-state index contributed by atoms with van der Waals surface area (Å²) in [6.45, 7) is 0.939. The third kappa shape index (κ3) is 5.78. The lowest BCUT2D eigenvalue weighted by Gasteiger charge is -2.19. The van der Waals surface area contributed by atoms with Gasteiger partial charge in [0.2, 0.25) is 5.91 Å². The minimum atomic E-state index is -1.06. The Morgan fingerprint density at radius 2 is 1.88 bits per heavy atom. The number of nitrogens with one attached hydrogen (secondary N) is 1. The number of guanidine groups is 1. The molecule has 0 aliphatic carbocycles. The molecule has 2 aromatic rings. The number of nitrogens with zero attached hydrogens (tertiary/aromatic N) is 1. The van der Waals surface area contributed by atoms with Gasteiger partial charge in [0.1, 0.15) is 23.5 Å². The quantitative estimate of drug-likeness (QED) is 0.173. The number of aliphatic carboxylic acids is 1. The summed E-state index contributed by atoms with van der Waals surface area (Å²) in [6.07, 6.45) is 3.36. The van der Waals surface area contributed by atoms with Gasteiger partial charge < -0.3 is 31.7 Å². The zero-order valence-electron chi connectivity index (χ0n) is 17.4. The second kappa shape index (κ2) is 10.3. The first-order valence-electron chi connectivity index (χ1n) is 10.2. The van der Waals surface area contributed by atoms with Gasteiger partial charge in [-0.1, -0.05) is 18.2 Å². The number of amides is 1. The summed E-state index contributed by atoms with van der Waals surface area (Å²) < 4.78 is 6.09. The maximum absolute atomic E-state index is 13.2. The number of aromatic hydroxyl groups is 1. The van der Waals surface area contributed by atoms with Crippen molar-refractivity contribution in [3.8, 4) is 11.5 Å². The van der Waals surface area contributed by atoms with Gasteiger partial charge in [-0.25, -0.2) is 4.79 Å². The summed E-state index contributed by atoms with van der Waals surface area (Å²) in [4.78, 5) is 27.9. The van der Waals surface area contributed by atoms with Gasteiger partial charge in [-0.15, -0.1) is 0 Å². The number of hydrogen-bond acceptors (Lipinski definition) is 5. The summed E-state index contributed by atoms with van der Waals surface area (Å²) >= 11 is 0. The lowest BCUT2D eigenvalue weighted by Crippen LogP contribution is -2.32. The maximum Gasteiger partial charge on any atom is 0.328 e. The molecule has 32 heavy (non-hydrogen) atoms. The normalized spacial score (nSPS) is 16.9. The van der Waals surface area contributed by atoms with Gasteiger partial charge >= 0.3 is 5.97 Å². The predicted octanol–water partition coefficient (Wildman–Crippen LogP) is 1.88. The average Bonchev–Trinajstić information content (AvgIpc) is 3.13. The largest absolute Gasteiger partial charge is 0.508 e. The number of carboxylic acid groups (broad SMARTS) is 1. The fourth-order valence-electron chi connectivity index (χ4n) is 3.53. The van der Waals surface area contributed by atoms with E-state index in [-0.39, 0.29) is 17.6 Å². The van der Waals surface area contributed by atoms with E-state index in [0.717, 1.165) is 18.1 Å². The first-order valence-corrected chi connectivity index (χ1v) is 10.2. The monoisotopic (exact) mass is 438 g/mol. The number of hydrogen-bond donors (Lipinski definition) is 5. The van der Waals surface area contributed by atoms with Crippen LogP contribution in [0.15, 0.2) is 53.5 Å². The molecule has 0 spiro atoms. The smallest absolute Gasteiger partial charge is 0.328 e. The summed E-state index contributed by atoms with van der Waals surface area (Å²) in [5, 5.41) is 21.4. The molecule has 168 valence electrons. The Kier molecular flexibility index (Phi) is 7.33. The molecule has 9 heteroatoms. The van der Waals surface area contributed by atoms with Gasteiger partial charge in [0.15, 0.2) is 5.96 Å². The molecule has 1 aliphatic rings. The molecule has 0 fully saturated rings. The van der Waals surface area contributed by atoms with Crippen LogP contribution >= 0.6 is 0 Å². The van der Waals surface area contributed by atoms with E-state index in [4.69, 9.17) is 21.3 Å². The summed E-state index contributed by atoms with van der Waals surface area (Å²) in [5.41, 5.74) is 12.7. The molecule has 0 bridgehead atoms. The van der Waals surface area contributed by atoms with Crippen LogP contribution in [0.25, 0.3) is 6.08 Å². The number of aliphatic imine (C=N–C) groups is 1. The molecule has 0 saturated carbocycles. The van der Waals surface area contributed by atoms with Gasteiger partial charge in [0, 0.05) is 24.7 Å². The second-order valence-corrected chi connectivity index (χ2v) is 7.38. The SMILES string of the molecule is NC(N)=NCCCCNC(=O)[C@@H]1c2cc(/C=C/C(=O)O)ccc2O[C@H]1c1ccc(O)cc1. The fourth-order valence-corrected chi connectivity index (χ4v) is 3.53. The number of fused-ring (bicyclic) bond motifs is 1. The van der Waals surface area contributed by atoms with Gasteiger partial charge in [0.05, 0.1) is 0 Å². The minimum absolute atomic E-state index is 0.0400. The Bertz CT molecular complexity index is 1030. The van der Waals surface area contributed by atoms with E-state index in [1.807, 2.05) is 0 Å². The molecule has 0 radical (unpaired) electrons. The standard InChI is InChI=1S/C23H26N4O5/c24-23(25)27-12-2-1-11-26-22(31)20-17-13-14(4-10-19(29)30)3-9-18(17)32-21(20)15-5-7-16(28)8-6-15/h3-10,13,20-21,28H,1-2,11-12H2,(H,26,31)(H,29,30)(H4,24,25,27)/b10-4+/t20-,21+/m1/s1. The second-order valence-electron chi connectivity index (χ2n) is 7.38. The van der Waals surface area contributed by atoms with Crippen molar-refractivity contribution in [1.29, 1.82) is 0 Å². The number of nitrogens with two attached hydrogens (primary N) is 2. The molecule has 3 rings (SSSR count). The highest BCUT2D eigenvalue weighted by atomic mass is 16.5. The molecular weight excluding hydrogens is 412 g/mol. The molecular formula is C23H26N4O5. The van der Waals surface area contributed by atoms with Crippen molar-refractivity contribution in [2.45, 2.75) is 24.9 Å². The van der Waals surface area contributed by atoms with E-state index >= 15 is 0 Å². The van der Waals surface area contributed by atoms with Crippen LogP contribution < -0.4 is 21.5 Å². The molecule has 2 aromatic carbocycles. The van der Waals surface area contributed by atoms with E-state index in [1.165, 1.54) is 6.08 Å². The van der Waals surface area contributed by atoms with Crippen LogP contribution in [0.1, 0.15) is 41.6 Å². The van der Waals surface area contributed by atoms with Crippen molar-refractivity contribution in [1.82, 2.24) is 5.32 Å². The average molecular weight is 438 g/mol. The molecule has 1 heterocycles. The van der Waals surface area contributed by atoms with E-state index in [1.54, 1.807) is 42.5 Å². The number of carbonyl (C=O) groups is 2. The lowest BCUT2D eigenvalue weighted by atomic mass is 9.89. The third-order valence-electron chi connectivity index (χ3n) is 5.03. The lowest BCUT2D eigenvalue weighted by molar-refractivity contribution is -0.131. The highest BCUT2D eigenvalue weighted by Crippen LogP contribution is 2.46. The van der Waals surface area contributed by atoms with E-state index in [9.17, 15) is 14.7 Å². The molecule has 1 aliphatic heterocycles. The third-order valence-corrected chi connectivity index (χ3v) is 5.03. The summed E-state index contributed by atoms with van der Waals surface area (Å²) in [6, 6.07) is 11.7. The Labute approximate surface area is 185 Å².